The third-order valence-corrected chi connectivity index (χ3v) is 2.93. The highest BCUT2D eigenvalue weighted by Gasteiger charge is 2.10. The van der Waals surface area contributed by atoms with Crippen LogP contribution in [0, 0.1) is 0 Å². The molecule has 0 saturated heterocycles. The molecule has 0 aliphatic heterocycles. The number of nitrogens with two attached hydrogens (primary N) is 1. The lowest BCUT2D eigenvalue weighted by molar-refractivity contribution is -0.121. The summed E-state index contributed by atoms with van der Waals surface area (Å²) >= 11 is 4.96. The summed E-state index contributed by atoms with van der Waals surface area (Å²) in [5.74, 6) is 0.718. The Morgan fingerprint density at radius 1 is 1.53 bits per heavy atom. The molecule has 0 aliphatic rings. The van der Waals surface area contributed by atoms with Crippen LogP contribution in [-0.2, 0) is 11.3 Å². The summed E-state index contributed by atoms with van der Waals surface area (Å²) in [7, 11) is 5.09. The minimum absolute atomic E-state index is 0.0352. The van der Waals surface area contributed by atoms with Gasteiger partial charge in [0.05, 0.1) is 13.7 Å². The zero-order valence-corrected chi connectivity index (χ0v) is 12.2. The summed E-state index contributed by atoms with van der Waals surface area (Å²) in [6.45, 7) is 0.893. The number of carbonyl (C=O) groups is 1. The molecule has 0 saturated carbocycles. The minimum Gasteiger partial charge on any atom is -0.496 e. The van der Waals surface area contributed by atoms with Crippen LogP contribution in [0.3, 0.4) is 0 Å². The molecular weight excluding hydrogens is 262 g/mol. The van der Waals surface area contributed by atoms with E-state index in [0.717, 1.165) is 16.9 Å². The van der Waals surface area contributed by atoms with Gasteiger partial charge in [-0.1, -0.05) is 12.2 Å². The maximum Gasteiger partial charge on any atom is 0.233 e. The van der Waals surface area contributed by atoms with Crippen LogP contribution in [0.1, 0.15) is 11.1 Å². The Labute approximate surface area is 118 Å². The Bertz CT molecular complexity index is 477. The Kier molecular flexibility index (Phi) is 5.72. The van der Waals surface area contributed by atoms with Crippen LogP contribution in [-0.4, -0.2) is 43.5 Å². The van der Waals surface area contributed by atoms with Gasteiger partial charge >= 0.3 is 0 Å². The minimum atomic E-state index is -0.0352. The van der Waals surface area contributed by atoms with E-state index in [9.17, 15) is 4.79 Å². The van der Waals surface area contributed by atoms with Gasteiger partial charge in [0.2, 0.25) is 5.91 Å². The molecule has 6 heteroatoms. The van der Waals surface area contributed by atoms with Crippen molar-refractivity contribution in [3.05, 3.63) is 29.3 Å². The van der Waals surface area contributed by atoms with Crippen LogP contribution in [0.5, 0.6) is 5.75 Å². The molecule has 0 aliphatic carbocycles. The van der Waals surface area contributed by atoms with Gasteiger partial charge in [0, 0.05) is 24.7 Å². The lowest BCUT2D eigenvalue weighted by Crippen LogP contribution is -2.32. The predicted octanol–water partition coefficient (Wildman–Crippen LogP) is 0.507. The van der Waals surface area contributed by atoms with E-state index in [1.165, 1.54) is 0 Å². The fraction of sp³-hybridized carbons (Fsp3) is 0.385. The second-order valence-corrected chi connectivity index (χ2v) is 4.68. The third-order valence-electron chi connectivity index (χ3n) is 2.70. The van der Waals surface area contributed by atoms with Gasteiger partial charge in [-0.2, -0.15) is 0 Å². The number of ether oxygens (including phenoxy) is 1. The average molecular weight is 281 g/mol. The van der Waals surface area contributed by atoms with Gasteiger partial charge in [-0.25, -0.2) is 0 Å². The van der Waals surface area contributed by atoms with Crippen LogP contribution in [0.2, 0.25) is 0 Å². The third kappa shape index (κ3) is 4.50. The van der Waals surface area contributed by atoms with E-state index in [-0.39, 0.29) is 5.91 Å². The van der Waals surface area contributed by atoms with Gasteiger partial charge in [-0.15, -0.1) is 0 Å². The number of nitrogens with one attached hydrogen (secondary N) is 1. The first kappa shape index (κ1) is 15.4. The molecule has 1 aromatic rings. The van der Waals surface area contributed by atoms with Crippen molar-refractivity contribution in [1.82, 2.24) is 10.2 Å². The molecule has 0 radical (unpaired) electrons. The number of likely N-dealkylation sites (N-methyl/N-ethyl adjacent to an activating group) is 2. The maximum atomic E-state index is 11.3. The SMILES string of the molecule is CNC(=O)CN(C)Cc1cc(C(N)=S)ccc1OC. The van der Waals surface area contributed by atoms with Gasteiger partial charge in [-0.3, -0.25) is 9.69 Å². The number of nitrogens with zero attached hydrogens (tertiary/aromatic N) is 1. The van der Waals surface area contributed by atoms with E-state index in [1.807, 2.05) is 30.1 Å². The van der Waals surface area contributed by atoms with Gasteiger partial charge in [0.1, 0.15) is 10.7 Å². The van der Waals surface area contributed by atoms with Gasteiger partial charge < -0.3 is 15.8 Å². The second kappa shape index (κ2) is 7.06. The van der Waals surface area contributed by atoms with E-state index in [4.69, 9.17) is 22.7 Å². The largest absolute Gasteiger partial charge is 0.496 e. The lowest BCUT2D eigenvalue weighted by atomic mass is 10.1. The highest BCUT2D eigenvalue weighted by molar-refractivity contribution is 7.80. The fourth-order valence-electron chi connectivity index (χ4n) is 1.73. The van der Waals surface area contributed by atoms with Crippen molar-refractivity contribution in [3.8, 4) is 5.75 Å². The fourth-order valence-corrected chi connectivity index (χ4v) is 1.85. The molecule has 3 N–H and O–H groups in total. The number of methoxy groups -OCH3 is 1. The molecule has 0 atom stereocenters. The molecule has 5 nitrogen and oxygen atoms in total. The molecule has 19 heavy (non-hydrogen) atoms. The number of hydrogen-bond donors (Lipinski definition) is 2. The van der Waals surface area contributed by atoms with E-state index in [2.05, 4.69) is 5.32 Å². The predicted molar refractivity (Wildman–Crippen MR) is 79.3 cm³/mol. The number of rotatable bonds is 6. The van der Waals surface area contributed by atoms with Crippen molar-refractivity contribution in [1.29, 1.82) is 0 Å². The van der Waals surface area contributed by atoms with Gasteiger partial charge in [0.15, 0.2) is 0 Å². The van der Waals surface area contributed by atoms with Crippen molar-refractivity contribution < 1.29 is 9.53 Å². The number of amides is 1. The van der Waals surface area contributed by atoms with Gasteiger partial charge in [-0.05, 0) is 25.2 Å². The Morgan fingerprint density at radius 3 is 2.74 bits per heavy atom. The zero-order valence-electron chi connectivity index (χ0n) is 11.4. The monoisotopic (exact) mass is 281 g/mol. The highest BCUT2D eigenvalue weighted by atomic mass is 32.1. The molecular formula is C13H19N3O2S. The summed E-state index contributed by atoms with van der Waals surface area (Å²) in [4.78, 5) is 13.6. The Balaban J connectivity index is 2.88. The number of benzene rings is 1. The second-order valence-electron chi connectivity index (χ2n) is 4.24. The molecule has 1 rings (SSSR count). The first-order chi connectivity index (χ1) is 8.97. The van der Waals surface area contributed by atoms with E-state index in [1.54, 1.807) is 14.2 Å². The Hall–Kier alpha value is -1.66. The average Bonchev–Trinajstić information content (AvgIpc) is 2.38. The molecule has 1 aromatic carbocycles. The maximum absolute atomic E-state index is 11.3. The van der Waals surface area contributed by atoms with Crippen molar-refractivity contribution in [2.45, 2.75) is 6.54 Å². The lowest BCUT2D eigenvalue weighted by Gasteiger charge is -2.18. The molecule has 0 spiro atoms. The molecule has 0 unspecified atom stereocenters. The standard InChI is InChI=1S/C13H19N3O2S/c1-15-12(17)8-16(2)7-10-6-9(13(14)19)4-5-11(10)18-3/h4-6H,7-8H2,1-3H3,(H2,14,19)(H,15,17). The summed E-state index contributed by atoms with van der Waals surface area (Å²) in [5, 5.41) is 2.59. The van der Waals surface area contributed by atoms with Crippen LogP contribution in [0.15, 0.2) is 18.2 Å². The first-order valence-corrected chi connectivity index (χ1v) is 6.24. The zero-order chi connectivity index (χ0) is 14.4. The van der Waals surface area contributed by atoms with Crippen molar-refractivity contribution in [2.24, 2.45) is 5.73 Å². The van der Waals surface area contributed by atoms with Crippen molar-refractivity contribution in [2.75, 3.05) is 27.7 Å². The number of carbonyl (C=O) groups excluding carboxylic acids is 1. The molecule has 0 fully saturated rings. The number of hydrogen-bond acceptors (Lipinski definition) is 4. The molecule has 1 amide bonds. The van der Waals surface area contributed by atoms with Crippen molar-refractivity contribution >= 4 is 23.1 Å². The Morgan fingerprint density at radius 2 is 2.21 bits per heavy atom. The van der Waals surface area contributed by atoms with Crippen molar-refractivity contribution in [3.63, 3.8) is 0 Å². The highest BCUT2D eigenvalue weighted by Crippen LogP contribution is 2.21. The molecule has 104 valence electrons. The molecule has 0 aromatic heterocycles. The normalized spacial score (nSPS) is 10.3. The molecule has 0 heterocycles. The van der Waals surface area contributed by atoms with Gasteiger partial charge in [0.25, 0.3) is 0 Å². The van der Waals surface area contributed by atoms with Crippen LogP contribution in [0.4, 0.5) is 0 Å². The first-order valence-electron chi connectivity index (χ1n) is 5.83. The van der Waals surface area contributed by atoms with E-state index >= 15 is 0 Å². The molecule has 0 bridgehead atoms. The summed E-state index contributed by atoms with van der Waals surface area (Å²) in [5.41, 5.74) is 7.35. The summed E-state index contributed by atoms with van der Waals surface area (Å²) in [6.07, 6.45) is 0. The van der Waals surface area contributed by atoms with Crippen LogP contribution >= 0.6 is 12.2 Å². The quantitative estimate of drug-likeness (QED) is 0.744. The summed E-state index contributed by atoms with van der Waals surface area (Å²) < 4.78 is 5.30. The topological polar surface area (TPSA) is 67.6 Å². The smallest absolute Gasteiger partial charge is 0.233 e. The van der Waals surface area contributed by atoms with E-state index in [0.29, 0.717) is 18.1 Å². The summed E-state index contributed by atoms with van der Waals surface area (Å²) in [6, 6.07) is 5.54. The van der Waals surface area contributed by atoms with Crippen LogP contribution < -0.4 is 15.8 Å². The van der Waals surface area contributed by atoms with Crippen LogP contribution in [0.25, 0.3) is 0 Å². The number of thiocarbonyl (C=S) groups is 1. The van der Waals surface area contributed by atoms with E-state index < -0.39 is 0 Å².